The number of benzene rings is 1. The number of amides is 1. The van der Waals surface area contributed by atoms with Crippen molar-refractivity contribution in [3.8, 4) is 0 Å². The molecule has 0 atom stereocenters. The molecular formula is C12H17ClN2O2. The maximum absolute atomic E-state index is 10.9. The number of aliphatic hydroxyl groups is 1. The molecule has 1 aromatic rings. The van der Waals surface area contributed by atoms with Crippen LogP contribution in [0.3, 0.4) is 0 Å². The summed E-state index contributed by atoms with van der Waals surface area (Å²) in [6.07, 6.45) is 1.72. The zero-order valence-corrected chi connectivity index (χ0v) is 10.3. The molecule has 1 aromatic carbocycles. The fourth-order valence-electron chi connectivity index (χ4n) is 1.43. The van der Waals surface area contributed by atoms with Crippen LogP contribution in [-0.4, -0.2) is 24.2 Å². The lowest BCUT2D eigenvalue weighted by molar-refractivity contribution is 0.100. The van der Waals surface area contributed by atoms with Crippen molar-refractivity contribution in [1.82, 2.24) is 5.32 Å². The second-order valence-corrected chi connectivity index (χ2v) is 4.19. The number of rotatable bonds is 7. The molecule has 0 fully saturated rings. The third-order valence-electron chi connectivity index (χ3n) is 2.41. The van der Waals surface area contributed by atoms with Gasteiger partial charge < -0.3 is 16.2 Å². The maximum Gasteiger partial charge on any atom is 0.248 e. The Morgan fingerprint density at radius 2 is 2.18 bits per heavy atom. The summed E-state index contributed by atoms with van der Waals surface area (Å²) in [5.74, 6) is -0.477. The third kappa shape index (κ3) is 4.73. The Balaban J connectivity index is 2.46. The van der Waals surface area contributed by atoms with Gasteiger partial charge in [-0.25, -0.2) is 0 Å². The van der Waals surface area contributed by atoms with Crippen molar-refractivity contribution in [1.29, 1.82) is 0 Å². The average Bonchev–Trinajstić information content (AvgIpc) is 2.30. The molecule has 5 heteroatoms. The SMILES string of the molecule is NC(=O)c1ccc(CNCCCCO)c(Cl)c1. The highest BCUT2D eigenvalue weighted by Gasteiger charge is 2.05. The first kappa shape index (κ1) is 14.0. The second kappa shape index (κ2) is 7.27. The van der Waals surface area contributed by atoms with Crippen LogP contribution in [0.4, 0.5) is 0 Å². The number of carbonyl (C=O) groups is 1. The Labute approximate surface area is 106 Å². The van der Waals surface area contributed by atoms with E-state index in [1.165, 1.54) is 0 Å². The minimum Gasteiger partial charge on any atom is -0.396 e. The highest BCUT2D eigenvalue weighted by atomic mass is 35.5. The summed E-state index contributed by atoms with van der Waals surface area (Å²) < 4.78 is 0. The minimum atomic E-state index is -0.477. The summed E-state index contributed by atoms with van der Waals surface area (Å²) in [5, 5.41) is 12.4. The molecule has 0 aliphatic heterocycles. The monoisotopic (exact) mass is 256 g/mol. The van der Waals surface area contributed by atoms with Gasteiger partial charge in [0.1, 0.15) is 0 Å². The summed E-state index contributed by atoms with van der Waals surface area (Å²) in [4.78, 5) is 10.9. The molecule has 4 nitrogen and oxygen atoms in total. The molecule has 1 rings (SSSR count). The molecule has 0 saturated heterocycles. The number of carbonyl (C=O) groups excluding carboxylic acids is 1. The largest absolute Gasteiger partial charge is 0.396 e. The fourth-order valence-corrected chi connectivity index (χ4v) is 1.68. The minimum absolute atomic E-state index is 0.218. The molecular weight excluding hydrogens is 240 g/mol. The second-order valence-electron chi connectivity index (χ2n) is 3.78. The van der Waals surface area contributed by atoms with Gasteiger partial charge in [-0.3, -0.25) is 4.79 Å². The summed E-state index contributed by atoms with van der Waals surface area (Å²) in [6.45, 7) is 1.69. The first-order valence-corrected chi connectivity index (χ1v) is 5.92. The molecule has 94 valence electrons. The van der Waals surface area contributed by atoms with E-state index >= 15 is 0 Å². The third-order valence-corrected chi connectivity index (χ3v) is 2.77. The maximum atomic E-state index is 10.9. The van der Waals surface area contributed by atoms with Gasteiger partial charge in [-0.05, 0) is 37.1 Å². The van der Waals surface area contributed by atoms with Crippen LogP contribution in [0.5, 0.6) is 0 Å². The van der Waals surface area contributed by atoms with E-state index in [9.17, 15) is 4.79 Å². The summed E-state index contributed by atoms with van der Waals surface area (Å²) in [6, 6.07) is 5.04. The van der Waals surface area contributed by atoms with E-state index in [4.69, 9.17) is 22.4 Å². The van der Waals surface area contributed by atoms with Crippen molar-refractivity contribution in [2.24, 2.45) is 5.73 Å². The van der Waals surface area contributed by atoms with Crippen LogP contribution in [0.15, 0.2) is 18.2 Å². The first-order valence-electron chi connectivity index (χ1n) is 5.55. The van der Waals surface area contributed by atoms with E-state index in [0.717, 1.165) is 24.9 Å². The highest BCUT2D eigenvalue weighted by Crippen LogP contribution is 2.17. The van der Waals surface area contributed by atoms with Crippen LogP contribution in [0.1, 0.15) is 28.8 Å². The number of hydrogen-bond donors (Lipinski definition) is 3. The lowest BCUT2D eigenvalue weighted by Gasteiger charge is -2.07. The van der Waals surface area contributed by atoms with Gasteiger partial charge in [0.15, 0.2) is 0 Å². The van der Waals surface area contributed by atoms with E-state index in [1.54, 1.807) is 18.2 Å². The smallest absolute Gasteiger partial charge is 0.248 e. The quantitative estimate of drug-likeness (QED) is 0.644. The fraction of sp³-hybridized carbons (Fsp3) is 0.417. The van der Waals surface area contributed by atoms with Gasteiger partial charge in [0.2, 0.25) is 5.91 Å². The normalized spacial score (nSPS) is 10.5. The Morgan fingerprint density at radius 1 is 1.41 bits per heavy atom. The molecule has 4 N–H and O–H groups in total. The van der Waals surface area contributed by atoms with Gasteiger partial charge in [0.25, 0.3) is 0 Å². The Morgan fingerprint density at radius 3 is 2.76 bits per heavy atom. The molecule has 0 unspecified atom stereocenters. The number of nitrogens with two attached hydrogens (primary N) is 1. The van der Waals surface area contributed by atoms with Gasteiger partial charge in [-0.15, -0.1) is 0 Å². The van der Waals surface area contributed by atoms with E-state index in [2.05, 4.69) is 5.32 Å². The van der Waals surface area contributed by atoms with Crippen molar-refractivity contribution < 1.29 is 9.90 Å². The molecule has 0 aromatic heterocycles. The van der Waals surface area contributed by atoms with Gasteiger partial charge >= 0.3 is 0 Å². The molecule has 0 aliphatic carbocycles. The van der Waals surface area contributed by atoms with Crippen molar-refractivity contribution >= 4 is 17.5 Å². The molecule has 0 aliphatic rings. The van der Waals surface area contributed by atoms with Gasteiger partial charge in [0, 0.05) is 23.7 Å². The zero-order valence-electron chi connectivity index (χ0n) is 9.58. The Bertz CT molecular complexity index is 383. The predicted molar refractivity (Wildman–Crippen MR) is 68.0 cm³/mol. The molecule has 1 amide bonds. The summed E-state index contributed by atoms with van der Waals surface area (Å²) in [7, 11) is 0. The van der Waals surface area contributed by atoms with Crippen LogP contribution < -0.4 is 11.1 Å². The molecule has 0 bridgehead atoms. The molecule has 0 spiro atoms. The van der Waals surface area contributed by atoms with Crippen molar-refractivity contribution in [3.05, 3.63) is 34.3 Å². The predicted octanol–water partition coefficient (Wildman–Crippen LogP) is 1.30. The highest BCUT2D eigenvalue weighted by molar-refractivity contribution is 6.31. The van der Waals surface area contributed by atoms with Gasteiger partial charge in [0.05, 0.1) is 0 Å². The number of halogens is 1. The topological polar surface area (TPSA) is 75.4 Å². The lowest BCUT2D eigenvalue weighted by atomic mass is 10.1. The van der Waals surface area contributed by atoms with E-state index in [-0.39, 0.29) is 6.61 Å². The summed E-state index contributed by atoms with van der Waals surface area (Å²) >= 11 is 6.03. The number of aliphatic hydroxyl groups excluding tert-OH is 1. The van der Waals surface area contributed by atoms with Crippen LogP contribution in [0, 0.1) is 0 Å². The van der Waals surface area contributed by atoms with Crippen LogP contribution in [0.2, 0.25) is 5.02 Å². The van der Waals surface area contributed by atoms with Crippen molar-refractivity contribution in [2.75, 3.05) is 13.2 Å². The van der Waals surface area contributed by atoms with Crippen LogP contribution in [0.25, 0.3) is 0 Å². The average molecular weight is 257 g/mol. The molecule has 17 heavy (non-hydrogen) atoms. The molecule has 0 heterocycles. The molecule has 0 saturated carbocycles. The number of nitrogens with one attached hydrogen (secondary N) is 1. The molecule has 0 radical (unpaired) electrons. The van der Waals surface area contributed by atoms with E-state index < -0.39 is 5.91 Å². The zero-order chi connectivity index (χ0) is 12.7. The standard InChI is InChI=1S/C12H17ClN2O2/c13-11-7-9(12(14)17)3-4-10(11)8-15-5-1-2-6-16/h3-4,7,15-16H,1-2,5-6,8H2,(H2,14,17). The Kier molecular flexibility index (Phi) is 5.97. The van der Waals surface area contributed by atoms with Gasteiger partial charge in [-0.1, -0.05) is 17.7 Å². The van der Waals surface area contributed by atoms with Gasteiger partial charge in [-0.2, -0.15) is 0 Å². The van der Waals surface area contributed by atoms with E-state index in [1.807, 2.05) is 0 Å². The van der Waals surface area contributed by atoms with Crippen LogP contribution >= 0.6 is 11.6 Å². The first-order chi connectivity index (χ1) is 8.15. The Hall–Kier alpha value is -1.10. The number of primary amides is 1. The lowest BCUT2D eigenvalue weighted by Crippen LogP contribution is -2.16. The number of hydrogen-bond acceptors (Lipinski definition) is 3. The van der Waals surface area contributed by atoms with Crippen molar-refractivity contribution in [2.45, 2.75) is 19.4 Å². The number of unbranched alkanes of at least 4 members (excludes halogenated alkanes) is 1. The summed E-state index contributed by atoms with van der Waals surface area (Å²) in [5.41, 5.74) is 6.50. The van der Waals surface area contributed by atoms with Crippen LogP contribution in [-0.2, 0) is 6.54 Å². The van der Waals surface area contributed by atoms with Crippen molar-refractivity contribution in [3.63, 3.8) is 0 Å². The van der Waals surface area contributed by atoms with E-state index in [0.29, 0.717) is 17.1 Å².